The zero-order valence-electron chi connectivity index (χ0n) is 11.1. The van der Waals surface area contributed by atoms with Crippen LogP contribution in [0.25, 0.3) is 0 Å². The molecule has 1 fully saturated rings. The minimum atomic E-state index is 0.0807. The molecule has 3 rings (SSSR count). The maximum absolute atomic E-state index is 12.1. The Bertz CT molecular complexity index is 480. The van der Waals surface area contributed by atoms with Crippen LogP contribution in [0, 0.1) is 5.92 Å². The number of benzene rings is 1. The quantitative estimate of drug-likeness (QED) is 0.889. The molecule has 2 aliphatic heterocycles. The van der Waals surface area contributed by atoms with E-state index in [1.54, 1.807) is 0 Å². The van der Waals surface area contributed by atoms with Gasteiger partial charge in [0, 0.05) is 31.2 Å². The maximum Gasteiger partial charge on any atom is 0.227 e. The molecule has 1 atom stereocenters. The lowest BCUT2D eigenvalue weighted by Gasteiger charge is -2.21. The number of fused-ring (bicyclic) bond motifs is 1. The lowest BCUT2D eigenvalue weighted by molar-refractivity contribution is -0.122. The van der Waals surface area contributed by atoms with Crippen molar-refractivity contribution in [1.29, 1.82) is 0 Å². The van der Waals surface area contributed by atoms with Gasteiger partial charge < -0.3 is 14.8 Å². The Hall–Kier alpha value is -1.55. The number of rotatable bonds is 2. The molecule has 2 aliphatic rings. The van der Waals surface area contributed by atoms with Crippen LogP contribution in [-0.4, -0.2) is 25.2 Å². The first-order valence-electron chi connectivity index (χ1n) is 6.90. The maximum atomic E-state index is 12.1. The normalized spacial score (nSPS) is 22.7. The van der Waals surface area contributed by atoms with Crippen LogP contribution >= 0.6 is 0 Å². The molecule has 1 amide bonds. The van der Waals surface area contributed by atoms with Gasteiger partial charge in [0.25, 0.3) is 0 Å². The van der Waals surface area contributed by atoms with Gasteiger partial charge >= 0.3 is 0 Å². The topological polar surface area (TPSA) is 47.6 Å². The number of nitrogens with one attached hydrogen (secondary N) is 1. The van der Waals surface area contributed by atoms with E-state index < -0.39 is 0 Å². The van der Waals surface area contributed by atoms with E-state index >= 15 is 0 Å². The smallest absolute Gasteiger partial charge is 0.227 e. The molecule has 1 saturated heterocycles. The first-order chi connectivity index (χ1) is 9.22. The Labute approximate surface area is 113 Å². The molecule has 0 saturated carbocycles. The first kappa shape index (κ1) is 12.5. The second-order valence-electron chi connectivity index (χ2n) is 5.33. The van der Waals surface area contributed by atoms with Crippen LogP contribution < -0.4 is 10.1 Å². The van der Waals surface area contributed by atoms with Crippen molar-refractivity contribution in [3.05, 3.63) is 23.8 Å². The Kier molecular flexibility index (Phi) is 3.42. The van der Waals surface area contributed by atoms with Gasteiger partial charge in [-0.15, -0.1) is 0 Å². The standard InChI is InChI=1S/C15H19NO3/c1-10-8-12-9-13(2-3-14(12)19-10)16-15(17)11-4-6-18-7-5-11/h2-3,9-11H,4-8H2,1H3,(H,16,17). The predicted molar refractivity (Wildman–Crippen MR) is 72.4 cm³/mol. The van der Waals surface area contributed by atoms with Crippen molar-refractivity contribution in [3.63, 3.8) is 0 Å². The van der Waals surface area contributed by atoms with E-state index in [1.165, 1.54) is 5.56 Å². The molecule has 0 aromatic heterocycles. The molecule has 0 spiro atoms. The van der Waals surface area contributed by atoms with E-state index in [1.807, 2.05) is 18.2 Å². The summed E-state index contributed by atoms with van der Waals surface area (Å²) in [4.78, 5) is 12.1. The van der Waals surface area contributed by atoms with E-state index in [0.717, 1.165) is 30.7 Å². The highest BCUT2D eigenvalue weighted by Gasteiger charge is 2.23. The Balaban J connectivity index is 1.67. The summed E-state index contributed by atoms with van der Waals surface area (Å²) < 4.78 is 10.9. The summed E-state index contributed by atoms with van der Waals surface area (Å²) in [5.74, 6) is 1.13. The lowest BCUT2D eigenvalue weighted by Crippen LogP contribution is -2.28. The van der Waals surface area contributed by atoms with E-state index in [2.05, 4.69) is 12.2 Å². The van der Waals surface area contributed by atoms with Crippen molar-refractivity contribution in [2.24, 2.45) is 5.92 Å². The largest absolute Gasteiger partial charge is 0.490 e. The molecule has 0 radical (unpaired) electrons. The minimum Gasteiger partial charge on any atom is -0.490 e. The molecule has 1 unspecified atom stereocenters. The van der Waals surface area contributed by atoms with Crippen LogP contribution in [0.3, 0.4) is 0 Å². The van der Waals surface area contributed by atoms with Crippen LogP contribution in [0.5, 0.6) is 5.75 Å². The molecule has 0 bridgehead atoms. The number of hydrogen-bond acceptors (Lipinski definition) is 3. The molecule has 102 valence electrons. The van der Waals surface area contributed by atoms with Gasteiger partial charge in [-0.1, -0.05) is 0 Å². The molecular weight excluding hydrogens is 242 g/mol. The first-order valence-corrected chi connectivity index (χ1v) is 6.90. The average Bonchev–Trinajstić information content (AvgIpc) is 2.79. The Morgan fingerprint density at radius 3 is 2.89 bits per heavy atom. The van der Waals surface area contributed by atoms with Gasteiger partial charge in [-0.05, 0) is 43.5 Å². The second-order valence-corrected chi connectivity index (χ2v) is 5.33. The summed E-state index contributed by atoms with van der Waals surface area (Å²) in [6.45, 7) is 3.43. The van der Waals surface area contributed by atoms with Crippen molar-refractivity contribution >= 4 is 11.6 Å². The summed E-state index contributed by atoms with van der Waals surface area (Å²) in [5, 5.41) is 3.01. The zero-order valence-corrected chi connectivity index (χ0v) is 11.1. The number of hydrogen-bond donors (Lipinski definition) is 1. The number of carbonyl (C=O) groups excluding carboxylic acids is 1. The molecule has 1 aromatic carbocycles. The third kappa shape index (κ3) is 2.73. The van der Waals surface area contributed by atoms with Crippen molar-refractivity contribution < 1.29 is 14.3 Å². The monoisotopic (exact) mass is 261 g/mol. The van der Waals surface area contributed by atoms with Gasteiger partial charge in [-0.3, -0.25) is 4.79 Å². The van der Waals surface area contributed by atoms with E-state index in [4.69, 9.17) is 9.47 Å². The lowest BCUT2D eigenvalue weighted by atomic mass is 9.99. The van der Waals surface area contributed by atoms with E-state index in [9.17, 15) is 4.79 Å². The van der Waals surface area contributed by atoms with E-state index in [0.29, 0.717) is 13.2 Å². The van der Waals surface area contributed by atoms with Gasteiger partial charge in [0.2, 0.25) is 5.91 Å². The third-order valence-corrected chi connectivity index (χ3v) is 3.76. The van der Waals surface area contributed by atoms with Crippen molar-refractivity contribution in [2.75, 3.05) is 18.5 Å². The molecule has 1 N–H and O–H groups in total. The summed E-state index contributed by atoms with van der Waals surface area (Å²) in [5.41, 5.74) is 2.05. The van der Waals surface area contributed by atoms with E-state index in [-0.39, 0.29) is 17.9 Å². The minimum absolute atomic E-state index is 0.0807. The Morgan fingerprint density at radius 1 is 1.32 bits per heavy atom. The molecule has 1 aromatic rings. The molecule has 4 nitrogen and oxygen atoms in total. The fourth-order valence-corrected chi connectivity index (χ4v) is 2.70. The summed E-state index contributed by atoms with van der Waals surface area (Å²) in [6.07, 6.45) is 2.78. The van der Waals surface area contributed by atoms with Crippen LogP contribution in [0.15, 0.2) is 18.2 Å². The van der Waals surface area contributed by atoms with Gasteiger partial charge in [0.05, 0.1) is 0 Å². The van der Waals surface area contributed by atoms with Crippen molar-refractivity contribution in [3.8, 4) is 5.75 Å². The SMILES string of the molecule is CC1Cc2cc(NC(=O)C3CCOCC3)ccc2O1. The molecule has 4 heteroatoms. The number of carbonyl (C=O) groups is 1. The molecule has 0 aliphatic carbocycles. The van der Waals surface area contributed by atoms with Gasteiger partial charge in [-0.25, -0.2) is 0 Å². The third-order valence-electron chi connectivity index (χ3n) is 3.76. The van der Waals surface area contributed by atoms with Crippen molar-refractivity contribution in [1.82, 2.24) is 0 Å². The van der Waals surface area contributed by atoms with Gasteiger partial charge in [0.15, 0.2) is 0 Å². The van der Waals surface area contributed by atoms with Crippen LogP contribution in [0.2, 0.25) is 0 Å². The van der Waals surface area contributed by atoms with Crippen molar-refractivity contribution in [2.45, 2.75) is 32.3 Å². The van der Waals surface area contributed by atoms with Gasteiger partial charge in [0.1, 0.15) is 11.9 Å². The fourth-order valence-electron chi connectivity index (χ4n) is 2.70. The number of amides is 1. The van der Waals surface area contributed by atoms with Crippen LogP contribution in [0.4, 0.5) is 5.69 Å². The number of ether oxygens (including phenoxy) is 2. The summed E-state index contributed by atoms with van der Waals surface area (Å²) in [6, 6.07) is 5.88. The summed E-state index contributed by atoms with van der Waals surface area (Å²) >= 11 is 0. The molecule has 19 heavy (non-hydrogen) atoms. The Morgan fingerprint density at radius 2 is 2.11 bits per heavy atom. The predicted octanol–water partition coefficient (Wildman–Crippen LogP) is 2.38. The van der Waals surface area contributed by atoms with Crippen LogP contribution in [0.1, 0.15) is 25.3 Å². The van der Waals surface area contributed by atoms with Gasteiger partial charge in [-0.2, -0.15) is 0 Å². The fraction of sp³-hybridized carbons (Fsp3) is 0.533. The highest BCUT2D eigenvalue weighted by atomic mass is 16.5. The molecule has 2 heterocycles. The molecular formula is C15H19NO3. The zero-order chi connectivity index (χ0) is 13.2. The average molecular weight is 261 g/mol. The number of anilines is 1. The summed E-state index contributed by atoms with van der Waals surface area (Å²) in [7, 11) is 0. The van der Waals surface area contributed by atoms with Crippen LogP contribution in [-0.2, 0) is 16.0 Å². The highest BCUT2D eigenvalue weighted by Crippen LogP contribution is 2.31. The highest BCUT2D eigenvalue weighted by molar-refractivity contribution is 5.92. The second kappa shape index (κ2) is 5.21.